The minimum Gasteiger partial charge on any atom is -0.341 e. The Bertz CT molecular complexity index is 1700. The Morgan fingerprint density at radius 1 is 0.915 bits per heavy atom. The summed E-state index contributed by atoms with van der Waals surface area (Å²) in [5, 5.41) is 3.08. The summed E-state index contributed by atoms with van der Waals surface area (Å²) in [7, 11) is 1.88. The van der Waals surface area contributed by atoms with Crippen LogP contribution in [0.15, 0.2) is 91.3 Å². The molecule has 6 rings (SSSR count). The minimum absolute atomic E-state index is 0.250. The van der Waals surface area contributed by atoms with Crippen LogP contribution in [0.4, 0.5) is 13.2 Å². The highest BCUT2D eigenvalue weighted by atomic mass is 19.3. The van der Waals surface area contributed by atoms with Gasteiger partial charge in [-0.05, 0) is 48.7 Å². The summed E-state index contributed by atoms with van der Waals surface area (Å²) in [5.74, 6) is -2.59. The number of H-pyrrole nitrogens is 2. The summed E-state index contributed by atoms with van der Waals surface area (Å²) in [6.07, 6.45) is 3.02. The fraction of sp³-hybridized carbons (Fsp3) is 0.278. The second-order valence-electron chi connectivity index (χ2n) is 11.1. The number of aromatic amines is 2. The molecule has 0 radical (unpaired) electrons. The van der Waals surface area contributed by atoms with E-state index in [4.69, 9.17) is 4.79 Å². The Morgan fingerprint density at radius 3 is 1.98 bits per heavy atom. The van der Waals surface area contributed by atoms with Crippen LogP contribution in [0.5, 0.6) is 0 Å². The maximum Gasteiger partial charge on any atom is 0.267 e. The van der Waals surface area contributed by atoms with Gasteiger partial charge in [0.05, 0.1) is 55.5 Å². The molecule has 1 saturated heterocycles. The molecule has 0 aliphatic carbocycles. The number of aromatic nitrogens is 4. The van der Waals surface area contributed by atoms with E-state index in [1.807, 2.05) is 74.6 Å². The van der Waals surface area contributed by atoms with Crippen molar-refractivity contribution in [2.75, 3.05) is 20.3 Å². The number of hydrogen-bond acceptors (Lipinski definition) is 5. The first-order chi connectivity index (χ1) is 22.7. The molecule has 3 heterocycles. The fourth-order valence-electron chi connectivity index (χ4n) is 5.53. The average Bonchev–Trinajstić information content (AvgIpc) is 3.85. The van der Waals surface area contributed by atoms with Crippen LogP contribution in [0.1, 0.15) is 49.4 Å². The zero-order valence-electron chi connectivity index (χ0n) is 26.6. The minimum atomic E-state index is -2.98. The predicted octanol–water partition coefficient (Wildman–Crippen LogP) is 7.36. The largest absolute Gasteiger partial charge is 0.341 e. The molecule has 2 aromatic heterocycles. The predicted molar refractivity (Wildman–Crippen MR) is 177 cm³/mol. The van der Waals surface area contributed by atoms with Crippen molar-refractivity contribution < 1.29 is 22.8 Å². The molecule has 3 aromatic carbocycles. The summed E-state index contributed by atoms with van der Waals surface area (Å²) in [5.41, 5.74) is 6.52. The smallest absolute Gasteiger partial charge is 0.267 e. The molecular weight excluding hydrogens is 605 g/mol. The van der Waals surface area contributed by atoms with E-state index in [-0.39, 0.29) is 12.6 Å². The van der Waals surface area contributed by atoms with Crippen molar-refractivity contribution in [2.24, 2.45) is 0 Å². The first kappa shape index (κ1) is 34.8. The van der Waals surface area contributed by atoms with E-state index >= 15 is 0 Å². The first-order valence-electron chi connectivity index (χ1n) is 15.3. The molecule has 5 aromatic rings. The number of alkyl halides is 3. The zero-order chi connectivity index (χ0) is 34.0. The number of amides is 1. The Balaban J connectivity index is 0.000000947. The quantitative estimate of drug-likeness (QED) is 0.164. The zero-order valence-corrected chi connectivity index (χ0v) is 26.6. The molecule has 0 saturated carbocycles. The van der Waals surface area contributed by atoms with Gasteiger partial charge in [0, 0.05) is 6.42 Å². The van der Waals surface area contributed by atoms with Crippen molar-refractivity contribution in [3.63, 3.8) is 0 Å². The van der Waals surface area contributed by atoms with Crippen molar-refractivity contribution in [3.05, 3.63) is 108 Å². The van der Waals surface area contributed by atoms with Gasteiger partial charge in [-0.15, -0.1) is 0 Å². The van der Waals surface area contributed by atoms with Crippen LogP contribution in [0.25, 0.3) is 33.6 Å². The first-order valence-corrected chi connectivity index (χ1v) is 15.3. The summed E-state index contributed by atoms with van der Waals surface area (Å²) in [6, 6.07) is 24.7. The summed E-state index contributed by atoms with van der Waals surface area (Å²) in [4.78, 5) is 38.0. The Kier molecular flexibility index (Phi) is 11.9. The van der Waals surface area contributed by atoms with Crippen molar-refractivity contribution >= 4 is 12.7 Å². The SMILES string of the molecule is C=O.CCF.CNCc1ncc(-c2ccc(-c3ccc(-c4cnc(C5CC(F)(F)CN5C(=O)[C@H](C)c5ccccc5)[nH]4)cc3)cc2)[nH]1. The lowest BCUT2D eigenvalue weighted by atomic mass is 9.99. The van der Waals surface area contributed by atoms with Crippen molar-refractivity contribution in [1.82, 2.24) is 30.2 Å². The Morgan fingerprint density at radius 2 is 1.43 bits per heavy atom. The number of halogens is 3. The van der Waals surface area contributed by atoms with Gasteiger partial charge in [-0.25, -0.2) is 18.7 Å². The van der Waals surface area contributed by atoms with E-state index in [0.29, 0.717) is 18.1 Å². The maximum atomic E-state index is 14.6. The number of carbonyl (C=O) groups is 2. The van der Waals surface area contributed by atoms with Crippen molar-refractivity contribution in [1.29, 1.82) is 0 Å². The molecule has 3 N–H and O–H groups in total. The number of likely N-dealkylation sites (tertiary alicyclic amines) is 1. The van der Waals surface area contributed by atoms with Gasteiger partial charge in [0.15, 0.2) is 0 Å². The number of rotatable bonds is 8. The molecule has 1 amide bonds. The van der Waals surface area contributed by atoms with Gasteiger partial charge in [0.25, 0.3) is 5.92 Å². The summed E-state index contributed by atoms with van der Waals surface area (Å²) in [6.45, 7) is 5.03. The maximum absolute atomic E-state index is 14.6. The Labute approximate surface area is 272 Å². The number of nitrogens with one attached hydrogen (secondary N) is 3. The van der Waals surface area contributed by atoms with Gasteiger partial charge in [-0.3, -0.25) is 9.18 Å². The molecule has 1 aliphatic rings. The van der Waals surface area contributed by atoms with Gasteiger partial charge in [0.1, 0.15) is 18.4 Å². The van der Waals surface area contributed by atoms with Crippen molar-refractivity contribution in [2.45, 2.75) is 44.7 Å². The van der Waals surface area contributed by atoms with Gasteiger partial charge in [-0.2, -0.15) is 0 Å². The molecular formula is C36H39F3N6O2. The van der Waals surface area contributed by atoms with Crippen LogP contribution in [0, 0.1) is 0 Å². The lowest BCUT2D eigenvalue weighted by Gasteiger charge is -2.26. The van der Waals surface area contributed by atoms with E-state index in [0.717, 1.165) is 39.3 Å². The number of benzene rings is 3. The normalized spacial score (nSPS) is 15.6. The number of hydrogen-bond donors (Lipinski definition) is 3. The molecule has 0 spiro atoms. The lowest BCUT2D eigenvalue weighted by Crippen LogP contribution is -2.36. The molecule has 2 atom stereocenters. The topological polar surface area (TPSA) is 107 Å². The number of imidazole rings is 2. The third kappa shape index (κ3) is 8.42. The number of carbonyl (C=O) groups excluding carboxylic acids is 2. The molecule has 1 fully saturated rings. The molecule has 8 nitrogen and oxygen atoms in total. The Hall–Kier alpha value is -5.03. The van der Waals surface area contributed by atoms with E-state index < -0.39 is 30.8 Å². The van der Waals surface area contributed by atoms with Gasteiger partial charge >= 0.3 is 0 Å². The molecule has 47 heavy (non-hydrogen) atoms. The second kappa shape index (κ2) is 16.0. The number of nitrogens with zero attached hydrogens (tertiary/aromatic N) is 3. The van der Waals surface area contributed by atoms with Crippen LogP contribution in [-0.4, -0.2) is 63.7 Å². The van der Waals surface area contributed by atoms with Gasteiger partial charge < -0.3 is 25.0 Å². The summed E-state index contributed by atoms with van der Waals surface area (Å²) >= 11 is 0. The second-order valence-corrected chi connectivity index (χ2v) is 11.1. The summed E-state index contributed by atoms with van der Waals surface area (Å²) < 4.78 is 39.5. The molecule has 11 heteroatoms. The highest BCUT2D eigenvalue weighted by molar-refractivity contribution is 5.84. The van der Waals surface area contributed by atoms with E-state index in [1.165, 1.54) is 11.8 Å². The molecule has 1 aliphatic heterocycles. The highest BCUT2D eigenvalue weighted by Gasteiger charge is 2.49. The average molecular weight is 645 g/mol. The van der Waals surface area contributed by atoms with Crippen LogP contribution < -0.4 is 5.32 Å². The van der Waals surface area contributed by atoms with Crippen LogP contribution in [0.3, 0.4) is 0 Å². The van der Waals surface area contributed by atoms with Crippen LogP contribution in [0.2, 0.25) is 0 Å². The van der Waals surface area contributed by atoms with Crippen LogP contribution >= 0.6 is 0 Å². The van der Waals surface area contributed by atoms with E-state index in [2.05, 4.69) is 49.5 Å². The van der Waals surface area contributed by atoms with Gasteiger partial charge in [-0.1, -0.05) is 78.9 Å². The van der Waals surface area contributed by atoms with Gasteiger partial charge in [0.2, 0.25) is 5.91 Å². The van der Waals surface area contributed by atoms with E-state index in [9.17, 15) is 18.0 Å². The van der Waals surface area contributed by atoms with Crippen LogP contribution in [-0.2, 0) is 16.1 Å². The third-order valence-corrected chi connectivity index (χ3v) is 7.83. The molecule has 246 valence electrons. The van der Waals surface area contributed by atoms with Crippen molar-refractivity contribution in [3.8, 4) is 33.6 Å². The monoisotopic (exact) mass is 644 g/mol. The molecule has 0 bridgehead atoms. The molecule has 1 unspecified atom stereocenters. The fourth-order valence-corrected chi connectivity index (χ4v) is 5.53. The lowest BCUT2D eigenvalue weighted by molar-refractivity contribution is -0.134. The van der Waals surface area contributed by atoms with E-state index in [1.54, 1.807) is 13.1 Å². The third-order valence-electron chi connectivity index (χ3n) is 7.83. The standard InChI is InChI=1S/C33H32F2N6O.C2H5F.CH2O/c1-21(22-6-4-3-5-7-22)32(42)41-20-33(34,35)16-29(41)31-38-18-28(40-31)26-14-10-24(11-15-26)23-8-12-25(13-9-23)27-17-37-30(39-27)19-36-2;1-2-3;1-2/h3-15,17-18,21,29,36H,16,19-20H2,1-2H3,(H,37,39)(H,38,40);2H2,1H3;1H2/t21-,29?;;/m1../s1. The highest BCUT2D eigenvalue weighted by Crippen LogP contribution is 2.42.